The van der Waals surface area contributed by atoms with Crippen LogP contribution >= 0.6 is 27.3 Å². The van der Waals surface area contributed by atoms with Crippen LogP contribution in [0.25, 0.3) is 11.3 Å². The average molecular weight is 386 g/mol. The van der Waals surface area contributed by atoms with Gasteiger partial charge in [-0.25, -0.2) is 4.98 Å². The van der Waals surface area contributed by atoms with Crippen molar-refractivity contribution in [2.75, 3.05) is 5.43 Å². The van der Waals surface area contributed by atoms with Gasteiger partial charge in [-0.2, -0.15) is 5.10 Å². The Morgan fingerprint density at radius 2 is 1.87 bits per heavy atom. The number of nitrogens with zero attached hydrogens (tertiary/aromatic N) is 2. The summed E-state index contributed by atoms with van der Waals surface area (Å²) in [4.78, 5) is 4.54. The summed E-state index contributed by atoms with van der Waals surface area (Å²) in [7, 11) is 0. The smallest absolute Gasteiger partial charge is 0.203 e. The number of aryl methyl sites for hydroxylation is 1. The van der Waals surface area contributed by atoms with Gasteiger partial charge in [0.1, 0.15) is 0 Å². The summed E-state index contributed by atoms with van der Waals surface area (Å²) in [6.45, 7) is 0. The van der Waals surface area contributed by atoms with Crippen LogP contribution < -0.4 is 5.43 Å². The van der Waals surface area contributed by atoms with E-state index in [2.05, 4.69) is 55.7 Å². The van der Waals surface area contributed by atoms with Gasteiger partial charge in [0.15, 0.2) is 0 Å². The van der Waals surface area contributed by atoms with Gasteiger partial charge in [0.05, 0.1) is 5.69 Å². The fraction of sp³-hybridized carbons (Fsp3) is 0.111. The minimum absolute atomic E-state index is 0.805. The zero-order chi connectivity index (χ0) is 15.9. The lowest BCUT2D eigenvalue weighted by Crippen LogP contribution is -1.91. The monoisotopic (exact) mass is 385 g/mol. The van der Waals surface area contributed by atoms with E-state index in [0.717, 1.165) is 33.7 Å². The standard InChI is InChI=1S/C18H16BrN3S/c19-16-10-8-15(9-11-16)17-13-23-18(21-17)22-20-12-4-7-14-5-2-1-3-6-14/h1-3,5-6,8-13H,4,7H2,(H,21,22)/b20-12+. The van der Waals surface area contributed by atoms with Crippen molar-refractivity contribution in [2.45, 2.75) is 12.8 Å². The predicted molar refractivity (Wildman–Crippen MR) is 102 cm³/mol. The Morgan fingerprint density at radius 1 is 1.09 bits per heavy atom. The molecule has 0 fully saturated rings. The molecule has 3 aromatic rings. The number of anilines is 1. The average Bonchev–Trinajstić information content (AvgIpc) is 3.05. The predicted octanol–water partition coefficient (Wildman–Crippen LogP) is 5.60. The number of halogens is 1. The molecule has 1 aromatic heterocycles. The molecule has 2 aromatic carbocycles. The normalized spacial score (nSPS) is 11.0. The third-order valence-electron chi connectivity index (χ3n) is 3.30. The zero-order valence-corrected chi connectivity index (χ0v) is 14.8. The van der Waals surface area contributed by atoms with Gasteiger partial charge in [-0.3, -0.25) is 5.43 Å². The maximum atomic E-state index is 4.54. The van der Waals surface area contributed by atoms with E-state index < -0.39 is 0 Å². The van der Waals surface area contributed by atoms with Gasteiger partial charge in [0.25, 0.3) is 0 Å². The second kappa shape index (κ2) is 8.04. The zero-order valence-electron chi connectivity index (χ0n) is 12.4. The minimum Gasteiger partial charge on any atom is -0.253 e. The van der Waals surface area contributed by atoms with Gasteiger partial charge in [0, 0.05) is 21.6 Å². The van der Waals surface area contributed by atoms with E-state index in [0.29, 0.717) is 0 Å². The van der Waals surface area contributed by atoms with Crippen LogP contribution in [-0.4, -0.2) is 11.2 Å². The van der Waals surface area contributed by atoms with Gasteiger partial charge in [-0.15, -0.1) is 11.3 Å². The Hall–Kier alpha value is -1.98. The van der Waals surface area contributed by atoms with Crippen LogP contribution in [0.5, 0.6) is 0 Å². The highest BCUT2D eigenvalue weighted by molar-refractivity contribution is 9.10. The number of rotatable bonds is 6. The van der Waals surface area contributed by atoms with E-state index in [4.69, 9.17) is 0 Å². The molecule has 0 saturated heterocycles. The maximum Gasteiger partial charge on any atom is 0.203 e. The number of nitrogens with one attached hydrogen (secondary N) is 1. The number of thiazole rings is 1. The van der Waals surface area contributed by atoms with Crippen LogP contribution in [0.1, 0.15) is 12.0 Å². The molecule has 0 aliphatic rings. The SMILES string of the molecule is Brc1ccc(-c2csc(N/N=C/CCc3ccccc3)n2)cc1. The summed E-state index contributed by atoms with van der Waals surface area (Å²) in [6.07, 6.45) is 3.80. The molecule has 5 heteroatoms. The van der Waals surface area contributed by atoms with Gasteiger partial charge in [0.2, 0.25) is 5.13 Å². The molecule has 0 amide bonds. The van der Waals surface area contributed by atoms with Gasteiger partial charge in [-0.05, 0) is 30.5 Å². The van der Waals surface area contributed by atoms with Crippen molar-refractivity contribution in [3.63, 3.8) is 0 Å². The summed E-state index contributed by atoms with van der Waals surface area (Å²) in [5, 5.41) is 7.08. The second-order valence-electron chi connectivity index (χ2n) is 4.99. The van der Waals surface area contributed by atoms with Crippen LogP contribution in [0.2, 0.25) is 0 Å². The highest BCUT2D eigenvalue weighted by Gasteiger charge is 2.03. The molecule has 0 spiro atoms. The number of aromatic nitrogens is 1. The molecule has 0 atom stereocenters. The molecule has 0 saturated carbocycles. The number of hydrogen-bond acceptors (Lipinski definition) is 4. The number of benzene rings is 2. The van der Waals surface area contributed by atoms with E-state index in [1.807, 2.05) is 41.9 Å². The largest absolute Gasteiger partial charge is 0.253 e. The van der Waals surface area contributed by atoms with Crippen LogP contribution in [-0.2, 0) is 6.42 Å². The first-order valence-corrected chi connectivity index (χ1v) is 9.01. The van der Waals surface area contributed by atoms with Crippen LogP contribution in [0.15, 0.2) is 69.6 Å². The molecule has 3 rings (SSSR count). The van der Waals surface area contributed by atoms with E-state index in [1.165, 1.54) is 5.56 Å². The summed E-state index contributed by atoms with van der Waals surface area (Å²) >= 11 is 4.99. The first kappa shape index (κ1) is 15.9. The Morgan fingerprint density at radius 3 is 2.65 bits per heavy atom. The van der Waals surface area contributed by atoms with Crippen LogP contribution in [0.3, 0.4) is 0 Å². The quantitative estimate of drug-likeness (QED) is 0.442. The number of hydrazone groups is 1. The minimum atomic E-state index is 0.805. The molecule has 116 valence electrons. The van der Waals surface area contributed by atoms with Crippen molar-refractivity contribution in [3.8, 4) is 11.3 Å². The van der Waals surface area contributed by atoms with Crippen molar-refractivity contribution in [1.29, 1.82) is 0 Å². The molecule has 0 bridgehead atoms. The summed E-state index contributed by atoms with van der Waals surface area (Å²) in [6, 6.07) is 18.5. The molecule has 1 N–H and O–H groups in total. The highest BCUT2D eigenvalue weighted by Crippen LogP contribution is 2.25. The molecule has 23 heavy (non-hydrogen) atoms. The van der Waals surface area contributed by atoms with E-state index in [1.54, 1.807) is 11.3 Å². The maximum absolute atomic E-state index is 4.54. The van der Waals surface area contributed by atoms with E-state index in [-0.39, 0.29) is 0 Å². The van der Waals surface area contributed by atoms with Crippen molar-refractivity contribution in [3.05, 3.63) is 70.0 Å². The first-order valence-electron chi connectivity index (χ1n) is 7.34. The Bertz CT molecular complexity index is 766. The van der Waals surface area contributed by atoms with Crippen LogP contribution in [0, 0.1) is 0 Å². The van der Waals surface area contributed by atoms with Gasteiger partial charge in [-0.1, -0.05) is 58.4 Å². The molecule has 1 heterocycles. The van der Waals surface area contributed by atoms with Crippen molar-refractivity contribution < 1.29 is 0 Å². The highest BCUT2D eigenvalue weighted by atomic mass is 79.9. The summed E-state index contributed by atoms with van der Waals surface area (Å²) < 4.78 is 1.07. The Kier molecular flexibility index (Phi) is 5.56. The first-order chi connectivity index (χ1) is 11.3. The van der Waals surface area contributed by atoms with E-state index >= 15 is 0 Å². The molecule has 0 radical (unpaired) electrons. The van der Waals surface area contributed by atoms with Gasteiger partial charge >= 0.3 is 0 Å². The second-order valence-corrected chi connectivity index (χ2v) is 6.77. The molecular formula is C18H16BrN3S. The topological polar surface area (TPSA) is 37.3 Å². The lowest BCUT2D eigenvalue weighted by Gasteiger charge is -1.97. The van der Waals surface area contributed by atoms with Crippen LogP contribution in [0.4, 0.5) is 5.13 Å². The van der Waals surface area contributed by atoms with E-state index in [9.17, 15) is 0 Å². The molecular weight excluding hydrogens is 370 g/mol. The lowest BCUT2D eigenvalue weighted by molar-refractivity contribution is 1.05. The third-order valence-corrected chi connectivity index (χ3v) is 4.58. The van der Waals surface area contributed by atoms with Crippen molar-refractivity contribution >= 4 is 38.6 Å². The third kappa shape index (κ3) is 4.74. The van der Waals surface area contributed by atoms with Crippen molar-refractivity contribution in [1.82, 2.24) is 4.98 Å². The fourth-order valence-corrected chi connectivity index (χ4v) is 3.05. The number of hydrogen-bond donors (Lipinski definition) is 1. The van der Waals surface area contributed by atoms with Gasteiger partial charge < -0.3 is 0 Å². The summed E-state index contributed by atoms with van der Waals surface area (Å²) in [5.41, 5.74) is 6.39. The molecule has 0 aliphatic carbocycles. The molecule has 0 unspecified atom stereocenters. The summed E-state index contributed by atoms with van der Waals surface area (Å²) in [5.74, 6) is 0. The van der Waals surface area contributed by atoms with Crippen molar-refractivity contribution in [2.24, 2.45) is 5.10 Å². The Labute approximate surface area is 148 Å². The molecule has 3 nitrogen and oxygen atoms in total. The molecule has 0 aliphatic heterocycles. The fourth-order valence-electron chi connectivity index (χ4n) is 2.12. The lowest BCUT2D eigenvalue weighted by atomic mass is 10.1. The Balaban J connectivity index is 1.51.